The van der Waals surface area contributed by atoms with Gasteiger partial charge in [-0.1, -0.05) is 12.1 Å². The smallest absolute Gasteiger partial charge is 0.223 e. The largest absolute Gasteiger partial charge is 0.497 e. The van der Waals surface area contributed by atoms with E-state index in [9.17, 15) is 4.79 Å². The summed E-state index contributed by atoms with van der Waals surface area (Å²) in [6.45, 7) is 0.806. The number of aromatic nitrogens is 1. The van der Waals surface area contributed by atoms with Crippen LogP contribution in [0.5, 0.6) is 11.5 Å². The van der Waals surface area contributed by atoms with Crippen LogP contribution in [0.2, 0.25) is 0 Å². The zero-order chi connectivity index (χ0) is 19.5. The predicted octanol–water partition coefficient (Wildman–Crippen LogP) is 4.61. The Kier molecular flexibility index (Phi) is 5.48. The van der Waals surface area contributed by atoms with E-state index >= 15 is 0 Å². The van der Waals surface area contributed by atoms with Crippen molar-refractivity contribution in [2.75, 3.05) is 20.8 Å². The van der Waals surface area contributed by atoms with Gasteiger partial charge >= 0.3 is 0 Å². The van der Waals surface area contributed by atoms with Crippen LogP contribution < -0.4 is 9.47 Å². The normalized spacial score (nSPS) is 16.5. The van der Waals surface area contributed by atoms with Crippen LogP contribution in [0.4, 0.5) is 0 Å². The number of nitrogens with zero attached hydrogens (tertiary/aromatic N) is 2. The van der Waals surface area contributed by atoms with Gasteiger partial charge in [-0.15, -0.1) is 11.3 Å². The van der Waals surface area contributed by atoms with Crippen LogP contribution in [0.3, 0.4) is 0 Å². The maximum absolute atomic E-state index is 13.0. The van der Waals surface area contributed by atoms with Crippen molar-refractivity contribution in [1.82, 2.24) is 9.88 Å². The lowest BCUT2D eigenvalue weighted by molar-refractivity contribution is -0.132. The number of fused-ring (bicyclic) bond motifs is 1. The van der Waals surface area contributed by atoms with Gasteiger partial charge in [0.1, 0.15) is 16.5 Å². The number of benzene rings is 2. The first-order valence-electron chi connectivity index (χ1n) is 9.55. The van der Waals surface area contributed by atoms with E-state index in [2.05, 4.69) is 6.07 Å². The summed E-state index contributed by atoms with van der Waals surface area (Å²) >= 11 is 1.70. The fourth-order valence-electron chi connectivity index (χ4n) is 3.76. The summed E-state index contributed by atoms with van der Waals surface area (Å²) in [5, 5.41) is 1.05. The maximum Gasteiger partial charge on any atom is 0.223 e. The molecular formula is C22H24N2O3S. The molecule has 0 N–H and O–H groups in total. The Morgan fingerprint density at radius 3 is 2.64 bits per heavy atom. The minimum Gasteiger partial charge on any atom is -0.497 e. The molecule has 1 saturated heterocycles. The van der Waals surface area contributed by atoms with Gasteiger partial charge in [-0.25, -0.2) is 4.98 Å². The Balaban J connectivity index is 1.46. The third-order valence-corrected chi connectivity index (χ3v) is 6.35. The van der Waals surface area contributed by atoms with Crippen LogP contribution in [0.1, 0.15) is 35.9 Å². The molecule has 2 aromatic carbocycles. The minimum atomic E-state index is 0.102. The Hall–Kier alpha value is -2.60. The molecule has 3 aromatic rings. The van der Waals surface area contributed by atoms with E-state index < -0.39 is 0 Å². The van der Waals surface area contributed by atoms with E-state index in [0.29, 0.717) is 12.8 Å². The molecule has 2 heterocycles. The molecule has 1 unspecified atom stereocenters. The second kappa shape index (κ2) is 8.19. The molecule has 1 aliphatic rings. The van der Waals surface area contributed by atoms with Gasteiger partial charge < -0.3 is 14.4 Å². The van der Waals surface area contributed by atoms with Crippen molar-refractivity contribution in [2.45, 2.75) is 31.7 Å². The number of ether oxygens (including phenoxy) is 2. The molecule has 6 heteroatoms. The molecule has 0 bridgehead atoms. The van der Waals surface area contributed by atoms with Crippen molar-refractivity contribution in [2.24, 2.45) is 0 Å². The predicted molar refractivity (Wildman–Crippen MR) is 111 cm³/mol. The van der Waals surface area contributed by atoms with E-state index in [1.165, 1.54) is 4.70 Å². The van der Waals surface area contributed by atoms with Crippen LogP contribution in [0.15, 0.2) is 42.5 Å². The number of aryl methyl sites for hydroxylation is 1. The molecule has 28 heavy (non-hydrogen) atoms. The van der Waals surface area contributed by atoms with E-state index in [4.69, 9.17) is 14.5 Å². The third-order valence-electron chi connectivity index (χ3n) is 5.21. The van der Waals surface area contributed by atoms with Crippen LogP contribution in [-0.4, -0.2) is 36.6 Å². The van der Waals surface area contributed by atoms with Crippen molar-refractivity contribution in [1.29, 1.82) is 0 Å². The molecule has 1 fully saturated rings. The molecule has 146 valence electrons. The number of likely N-dealkylation sites (tertiary alicyclic amines) is 1. The molecule has 1 aromatic heterocycles. The van der Waals surface area contributed by atoms with E-state index in [-0.39, 0.29) is 11.9 Å². The van der Waals surface area contributed by atoms with Crippen molar-refractivity contribution in [3.63, 3.8) is 0 Å². The van der Waals surface area contributed by atoms with E-state index in [1.54, 1.807) is 25.6 Å². The van der Waals surface area contributed by atoms with Crippen LogP contribution in [0.25, 0.3) is 10.2 Å². The number of carbonyl (C=O) groups excluding carboxylic acids is 1. The number of rotatable bonds is 6. The number of amides is 1. The maximum atomic E-state index is 13.0. The Bertz CT molecular complexity index is 930. The number of hydrogen-bond acceptors (Lipinski definition) is 5. The van der Waals surface area contributed by atoms with Gasteiger partial charge in [-0.2, -0.15) is 0 Å². The molecular weight excluding hydrogens is 372 g/mol. The summed E-state index contributed by atoms with van der Waals surface area (Å²) in [5.74, 6) is 1.68. The highest BCUT2D eigenvalue weighted by Crippen LogP contribution is 2.37. The fourth-order valence-corrected chi connectivity index (χ4v) is 4.88. The average Bonchev–Trinajstić information content (AvgIpc) is 3.38. The zero-order valence-corrected chi connectivity index (χ0v) is 17.0. The summed E-state index contributed by atoms with van der Waals surface area (Å²) in [6.07, 6.45) is 3.14. The fraction of sp³-hybridized carbons (Fsp3) is 0.364. The molecule has 0 radical (unpaired) electrons. The minimum absolute atomic E-state index is 0.102. The van der Waals surface area contributed by atoms with E-state index in [1.807, 2.05) is 41.3 Å². The quantitative estimate of drug-likeness (QED) is 0.611. The summed E-state index contributed by atoms with van der Waals surface area (Å²) in [4.78, 5) is 19.8. The topological polar surface area (TPSA) is 51.7 Å². The summed E-state index contributed by atoms with van der Waals surface area (Å²) < 4.78 is 11.8. The third kappa shape index (κ3) is 3.83. The molecule has 0 aliphatic carbocycles. The number of thiazole rings is 1. The molecule has 4 rings (SSSR count). The number of hydrogen-bond donors (Lipinski definition) is 0. The lowest BCUT2D eigenvalue weighted by atomic mass is 10.1. The Labute approximate surface area is 168 Å². The second-order valence-corrected chi connectivity index (χ2v) is 8.05. The summed E-state index contributed by atoms with van der Waals surface area (Å²) in [5.41, 5.74) is 2.06. The van der Waals surface area contributed by atoms with Crippen molar-refractivity contribution >= 4 is 27.5 Å². The van der Waals surface area contributed by atoms with Gasteiger partial charge in [0.15, 0.2) is 0 Å². The van der Waals surface area contributed by atoms with Gasteiger partial charge in [0.25, 0.3) is 0 Å². The average molecular weight is 397 g/mol. The lowest BCUT2D eigenvalue weighted by Crippen LogP contribution is -2.30. The first kappa shape index (κ1) is 18.7. The van der Waals surface area contributed by atoms with E-state index in [0.717, 1.165) is 47.0 Å². The van der Waals surface area contributed by atoms with Crippen LogP contribution in [-0.2, 0) is 11.2 Å². The van der Waals surface area contributed by atoms with Crippen LogP contribution >= 0.6 is 11.3 Å². The van der Waals surface area contributed by atoms with Gasteiger partial charge in [0, 0.05) is 19.0 Å². The van der Waals surface area contributed by atoms with Crippen molar-refractivity contribution in [3.8, 4) is 11.5 Å². The lowest BCUT2D eigenvalue weighted by Gasteiger charge is -2.23. The highest BCUT2D eigenvalue weighted by atomic mass is 32.1. The molecule has 1 amide bonds. The summed E-state index contributed by atoms with van der Waals surface area (Å²) in [6, 6.07) is 14.0. The molecule has 5 nitrogen and oxygen atoms in total. The SMILES string of the molecule is COc1cc(CCC(=O)N2CCCC2c2nc3ccccc3s2)cc(OC)c1. The molecule has 0 spiro atoms. The van der Waals surface area contributed by atoms with Gasteiger partial charge in [-0.3, -0.25) is 4.79 Å². The number of carbonyl (C=O) groups is 1. The van der Waals surface area contributed by atoms with Crippen molar-refractivity contribution < 1.29 is 14.3 Å². The van der Waals surface area contributed by atoms with Gasteiger partial charge in [-0.05, 0) is 49.1 Å². The van der Waals surface area contributed by atoms with Crippen LogP contribution in [0, 0.1) is 0 Å². The van der Waals surface area contributed by atoms with Gasteiger partial charge in [0.05, 0.1) is 30.5 Å². The summed E-state index contributed by atoms with van der Waals surface area (Å²) in [7, 11) is 3.27. The Morgan fingerprint density at radius 1 is 1.18 bits per heavy atom. The molecule has 1 aliphatic heterocycles. The van der Waals surface area contributed by atoms with Crippen molar-refractivity contribution in [3.05, 3.63) is 53.0 Å². The zero-order valence-electron chi connectivity index (χ0n) is 16.2. The first-order chi connectivity index (χ1) is 13.7. The standard InChI is InChI=1S/C22H24N2O3S/c1-26-16-12-15(13-17(14-16)27-2)9-10-21(25)24-11-5-7-19(24)22-23-18-6-3-4-8-20(18)28-22/h3-4,6,8,12-14,19H,5,7,9-11H2,1-2H3. The monoisotopic (exact) mass is 396 g/mol. The highest BCUT2D eigenvalue weighted by molar-refractivity contribution is 7.18. The Morgan fingerprint density at radius 2 is 1.93 bits per heavy atom. The number of para-hydroxylation sites is 1. The first-order valence-corrected chi connectivity index (χ1v) is 10.4. The molecule has 1 atom stereocenters. The highest BCUT2D eigenvalue weighted by Gasteiger charge is 2.31. The van der Waals surface area contributed by atoms with Gasteiger partial charge in [0.2, 0.25) is 5.91 Å². The number of methoxy groups -OCH3 is 2. The molecule has 0 saturated carbocycles. The second-order valence-electron chi connectivity index (χ2n) is 6.99.